The molecule has 0 aliphatic carbocycles. The number of aromatic nitrogens is 3. The first kappa shape index (κ1) is 15.4. The topological polar surface area (TPSA) is 59.0 Å². The molecule has 114 valence electrons. The Hall–Kier alpha value is -1.51. The van der Waals surface area contributed by atoms with E-state index in [0.29, 0.717) is 12.3 Å². The lowest BCUT2D eigenvalue weighted by Gasteiger charge is -2.16. The Labute approximate surface area is 140 Å². The largest absolute Gasteiger partial charge is 0.288 e. The maximum absolute atomic E-state index is 12.5. The monoisotopic (exact) mass is 350 g/mol. The average Bonchev–Trinajstić information content (AvgIpc) is 3.11. The van der Waals surface area contributed by atoms with E-state index in [1.54, 1.807) is 16.2 Å². The third kappa shape index (κ3) is 3.29. The molecule has 0 N–H and O–H groups in total. The smallest absolute Gasteiger partial charge is 0.239 e. The predicted molar refractivity (Wildman–Crippen MR) is 93.0 cm³/mol. The van der Waals surface area contributed by atoms with Crippen LogP contribution in [-0.2, 0) is 4.79 Å². The van der Waals surface area contributed by atoms with Gasteiger partial charge >= 0.3 is 0 Å². The van der Waals surface area contributed by atoms with Gasteiger partial charge in [0.1, 0.15) is 5.01 Å². The van der Waals surface area contributed by atoms with Crippen molar-refractivity contribution in [2.75, 3.05) is 17.2 Å². The summed E-state index contributed by atoms with van der Waals surface area (Å²) in [5.74, 6) is 0.387. The Morgan fingerprint density at radius 2 is 2.09 bits per heavy atom. The minimum Gasteiger partial charge on any atom is -0.288 e. The van der Waals surface area contributed by atoms with Crippen molar-refractivity contribution in [3.8, 4) is 0 Å². The molecule has 1 amide bonds. The molecule has 0 fully saturated rings. The molecule has 0 spiro atoms. The summed E-state index contributed by atoms with van der Waals surface area (Å²) < 4.78 is 1.92. The van der Waals surface area contributed by atoms with Crippen LogP contribution in [-0.4, -0.2) is 33.4 Å². The minimum absolute atomic E-state index is 0.0411. The van der Waals surface area contributed by atoms with Crippen LogP contribution in [0.2, 0.25) is 0 Å². The fourth-order valence-corrected chi connectivity index (χ4v) is 4.67. The lowest BCUT2D eigenvalue weighted by molar-refractivity contribution is -0.116. The first-order chi connectivity index (χ1) is 10.7. The van der Waals surface area contributed by atoms with Crippen LogP contribution < -0.4 is 4.90 Å². The molecule has 3 rings (SSSR count). The number of carbonyl (C=O) groups excluding carboxylic acids is 1. The molecule has 0 aliphatic heterocycles. The number of para-hydroxylation sites is 1. The van der Waals surface area contributed by atoms with Crippen molar-refractivity contribution in [1.29, 1.82) is 0 Å². The van der Waals surface area contributed by atoms with E-state index in [-0.39, 0.29) is 5.91 Å². The van der Waals surface area contributed by atoms with Crippen molar-refractivity contribution in [3.05, 3.63) is 29.3 Å². The Kier molecular flexibility index (Phi) is 4.70. The van der Waals surface area contributed by atoms with Gasteiger partial charge in [-0.05, 0) is 26.0 Å². The molecule has 2 heterocycles. The third-order valence-corrected chi connectivity index (χ3v) is 5.97. The van der Waals surface area contributed by atoms with Gasteiger partial charge in [0, 0.05) is 6.54 Å². The number of carbonyl (C=O) groups is 1. The number of rotatable bonds is 5. The van der Waals surface area contributed by atoms with Gasteiger partial charge in [-0.25, -0.2) is 4.98 Å². The molecule has 5 nitrogen and oxygen atoms in total. The molecule has 0 atom stereocenters. The maximum atomic E-state index is 12.5. The van der Waals surface area contributed by atoms with Gasteiger partial charge in [-0.15, -0.1) is 10.2 Å². The third-order valence-electron chi connectivity index (χ3n) is 2.96. The van der Waals surface area contributed by atoms with Crippen LogP contribution in [0, 0.1) is 6.92 Å². The average molecular weight is 350 g/mol. The van der Waals surface area contributed by atoms with Crippen LogP contribution in [0.4, 0.5) is 5.13 Å². The van der Waals surface area contributed by atoms with E-state index in [0.717, 1.165) is 24.7 Å². The fraction of sp³-hybridized carbons (Fsp3) is 0.286. The van der Waals surface area contributed by atoms with Crippen LogP contribution in [0.15, 0.2) is 28.6 Å². The molecule has 3 aromatic rings. The summed E-state index contributed by atoms with van der Waals surface area (Å²) in [4.78, 5) is 18.7. The van der Waals surface area contributed by atoms with Crippen molar-refractivity contribution in [2.24, 2.45) is 0 Å². The number of amides is 1. The van der Waals surface area contributed by atoms with Crippen LogP contribution >= 0.6 is 34.4 Å². The highest BCUT2D eigenvalue weighted by molar-refractivity contribution is 8.01. The van der Waals surface area contributed by atoms with Gasteiger partial charge in [0.2, 0.25) is 5.91 Å². The predicted octanol–water partition coefficient (Wildman–Crippen LogP) is 3.60. The number of anilines is 1. The molecular weight excluding hydrogens is 336 g/mol. The van der Waals surface area contributed by atoms with E-state index in [4.69, 9.17) is 0 Å². The Balaban J connectivity index is 1.73. The molecule has 22 heavy (non-hydrogen) atoms. The van der Waals surface area contributed by atoms with E-state index >= 15 is 0 Å². The summed E-state index contributed by atoms with van der Waals surface area (Å²) in [7, 11) is 0. The van der Waals surface area contributed by atoms with E-state index in [2.05, 4.69) is 15.2 Å². The summed E-state index contributed by atoms with van der Waals surface area (Å²) >= 11 is 4.47. The van der Waals surface area contributed by atoms with Crippen LogP contribution in [0.3, 0.4) is 0 Å². The van der Waals surface area contributed by atoms with Gasteiger partial charge in [0.25, 0.3) is 0 Å². The molecule has 0 saturated heterocycles. The number of benzene rings is 1. The van der Waals surface area contributed by atoms with E-state index < -0.39 is 0 Å². The highest BCUT2D eigenvalue weighted by atomic mass is 32.2. The first-order valence-corrected chi connectivity index (χ1v) is 9.38. The van der Waals surface area contributed by atoms with Crippen molar-refractivity contribution in [3.63, 3.8) is 0 Å². The molecule has 0 bridgehead atoms. The molecule has 8 heteroatoms. The van der Waals surface area contributed by atoms with Crippen molar-refractivity contribution < 1.29 is 4.79 Å². The van der Waals surface area contributed by atoms with Gasteiger partial charge in [-0.1, -0.05) is 46.6 Å². The maximum Gasteiger partial charge on any atom is 0.239 e. The van der Waals surface area contributed by atoms with Crippen LogP contribution in [0.25, 0.3) is 10.2 Å². The lowest BCUT2D eigenvalue weighted by atomic mass is 10.3. The number of nitrogens with zero attached hydrogens (tertiary/aromatic N) is 4. The van der Waals surface area contributed by atoms with Gasteiger partial charge < -0.3 is 0 Å². The number of hydrogen-bond donors (Lipinski definition) is 0. The SMILES string of the molecule is CCN(C(=O)CSc1nnc(C)s1)c1nc2ccccc2s1. The normalized spacial score (nSPS) is 11.0. The summed E-state index contributed by atoms with van der Waals surface area (Å²) in [5, 5.41) is 9.65. The molecule has 0 unspecified atom stereocenters. The number of aryl methyl sites for hydroxylation is 1. The molecule has 2 aromatic heterocycles. The minimum atomic E-state index is 0.0411. The summed E-state index contributed by atoms with van der Waals surface area (Å²) in [6.45, 7) is 4.47. The quantitative estimate of drug-likeness (QED) is 0.658. The second-order valence-electron chi connectivity index (χ2n) is 4.48. The number of fused-ring (bicyclic) bond motifs is 1. The molecule has 0 aliphatic rings. The van der Waals surface area contributed by atoms with Crippen molar-refractivity contribution in [2.45, 2.75) is 18.2 Å². The summed E-state index contributed by atoms with van der Waals surface area (Å²) in [5.41, 5.74) is 0.932. The zero-order valence-corrected chi connectivity index (χ0v) is 14.6. The zero-order valence-electron chi connectivity index (χ0n) is 12.1. The van der Waals surface area contributed by atoms with Gasteiger partial charge in [0.15, 0.2) is 9.47 Å². The van der Waals surface area contributed by atoms with Crippen molar-refractivity contribution >= 4 is 55.7 Å². The molecule has 1 aromatic carbocycles. The second-order valence-corrected chi connectivity index (χ2v) is 7.89. The summed E-state index contributed by atoms with van der Waals surface area (Å²) in [6.07, 6.45) is 0. The Morgan fingerprint density at radius 3 is 2.77 bits per heavy atom. The highest BCUT2D eigenvalue weighted by Gasteiger charge is 2.18. The molecule has 0 radical (unpaired) electrons. The molecular formula is C14H14N4OS3. The fourth-order valence-electron chi connectivity index (χ4n) is 1.93. The van der Waals surface area contributed by atoms with E-state index in [1.165, 1.54) is 23.1 Å². The van der Waals surface area contributed by atoms with Gasteiger partial charge in [-0.2, -0.15) is 0 Å². The zero-order chi connectivity index (χ0) is 15.5. The number of hydrogen-bond acceptors (Lipinski definition) is 7. The van der Waals surface area contributed by atoms with E-state index in [9.17, 15) is 4.79 Å². The Morgan fingerprint density at radius 1 is 1.27 bits per heavy atom. The van der Waals surface area contributed by atoms with Crippen LogP contribution in [0.5, 0.6) is 0 Å². The van der Waals surface area contributed by atoms with E-state index in [1.807, 2.05) is 38.1 Å². The number of thiazole rings is 1. The second kappa shape index (κ2) is 6.72. The van der Waals surface area contributed by atoms with Gasteiger partial charge in [0.05, 0.1) is 16.0 Å². The number of thioether (sulfide) groups is 1. The summed E-state index contributed by atoms with van der Waals surface area (Å²) in [6, 6.07) is 7.92. The van der Waals surface area contributed by atoms with Gasteiger partial charge in [-0.3, -0.25) is 9.69 Å². The van der Waals surface area contributed by atoms with Crippen LogP contribution in [0.1, 0.15) is 11.9 Å². The standard InChI is InChI=1S/C14H14N4OS3/c1-3-18(12(19)8-20-14-17-16-9(2)21-14)13-15-10-6-4-5-7-11(10)22-13/h4-7H,3,8H2,1-2H3. The van der Waals surface area contributed by atoms with Crippen molar-refractivity contribution in [1.82, 2.24) is 15.2 Å². The molecule has 0 saturated carbocycles. The Bertz CT molecular complexity index is 765. The first-order valence-electron chi connectivity index (χ1n) is 6.76. The highest BCUT2D eigenvalue weighted by Crippen LogP contribution is 2.29. The lowest BCUT2D eigenvalue weighted by Crippen LogP contribution is -2.31.